The Balaban J connectivity index is 1.38. The highest BCUT2D eigenvalue weighted by Gasteiger charge is 2.27. The van der Waals surface area contributed by atoms with Crippen molar-refractivity contribution in [3.05, 3.63) is 83.9 Å². The summed E-state index contributed by atoms with van der Waals surface area (Å²) in [6.45, 7) is 1.58. The lowest BCUT2D eigenvalue weighted by Crippen LogP contribution is -2.39. The fourth-order valence-electron chi connectivity index (χ4n) is 4.01. The highest BCUT2D eigenvalue weighted by molar-refractivity contribution is 5.82. The van der Waals surface area contributed by atoms with E-state index in [0.717, 1.165) is 38.8 Å². The zero-order chi connectivity index (χ0) is 17.8. The maximum absolute atomic E-state index is 12.9. The van der Waals surface area contributed by atoms with E-state index in [4.69, 9.17) is 0 Å². The van der Waals surface area contributed by atoms with Crippen molar-refractivity contribution in [2.75, 3.05) is 13.1 Å². The number of benzene rings is 2. The van der Waals surface area contributed by atoms with E-state index in [1.807, 2.05) is 17.0 Å². The third-order valence-corrected chi connectivity index (χ3v) is 5.57. The van der Waals surface area contributed by atoms with Crippen molar-refractivity contribution in [2.45, 2.75) is 25.7 Å². The second-order valence-corrected chi connectivity index (χ2v) is 7.20. The Morgan fingerprint density at radius 3 is 1.92 bits per heavy atom. The normalized spacial score (nSPS) is 20.3. The summed E-state index contributed by atoms with van der Waals surface area (Å²) in [6, 6.07) is 21.0. The van der Waals surface area contributed by atoms with E-state index < -0.39 is 0 Å². The minimum Gasteiger partial charge on any atom is -0.338 e. The van der Waals surface area contributed by atoms with Gasteiger partial charge in [-0.15, -0.1) is 0 Å². The Hall–Kier alpha value is -2.61. The van der Waals surface area contributed by atoms with Crippen LogP contribution >= 0.6 is 0 Å². The van der Waals surface area contributed by atoms with Gasteiger partial charge in [0.2, 0.25) is 5.91 Å². The van der Waals surface area contributed by atoms with E-state index in [2.05, 4.69) is 60.7 Å². The maximum atomic E-state index is 12.9. The number of allylic oxidation sites excluding steroid dienone is 2. The van der Waals surface area contributed by atoms with Crippen LogP contribution in [0, 0.1) is 5.92 Å². The molecule has 2 heteroatoms. The summed E-state index contributed by atoms with van der Waals surface area (Å²) in [7, 11) is 0. The molecule has 0 spiro atoms. The fraction of sp³-hybridized carbons (Fsp3) is 0.292. The van der Waals surface area contributed by atoms with E-state index in [1.54, 1.807) is 0 Å². The van der Waals surface area contributed by atoms with Gasteiger partial charge in [0.05, 0.1) is 0 Å². The molecule has 1 aliphatic heterocycles. The summed E-state index contributed by atoms with van der Waals surface area (Å²) in [5.41, 5.74) is 5.34. The van der Waals surface area contributed by atoms with Gasteiger partial charge in [0.15, 0.2) is 0 Å². The SMILES string of the molecule is O=C(C1CC=C(c2ccccc2)CC1)N1CC=C(c2ccccc2)CC1. The summed E-state index contributed by atoms with van der Waals surface area (Å²) in [5.74, 6) is 0.478. The molecule has 0 N–H and O–H groups in total. The van der Waals surface area contributed by atoms with Gasteiger partial charge in [0.1, 0.15) is 0 Å². The summed E-state index contributed by atoms with van der Waals surface area (Å²) in [5, 5.41) is 0. The lowest BCUT2D eigenvalue weighted by molar-refractivity contribution is -0.135. The average molecular weight is 343 g/mol. The van der Waals surface area contributed by atoms with Crippen LogP contribution in [0.2, 0.25) is 0 Å². The number of amides is 1. The number of hydrogen-bond acceptors (Lipinski definition) is 1. The first-order valence-corrected chi connectivity index (χ1v) is 9.59. The highest BCUT2D eigenvalue weighted by Crippen LogP contribution is 2.32. The molecular formula is C24H25NO. The Bertz CT molecular complexity index is 750. The van der Waals surface area contributed by atoms with Gasteiger partial charge in [-0.2, -0.15) is 0 Å². The predicted octanol–water partition coefficient (Wildman–Crippen LogP) is 5.19. The van der Waals surface area contributed by atoms with Gasteiger partial charge < -0.3 is 4.90 Å². The molecule has 0 radical (unpaired) electrons. The second-order valence-electron chi connectivity index (χ2n) is 7.20. The highest BCUT2D eigenvalue weighted by atomic mass is 16.2. The van der Waals surface area contributed by atoms with Crippen LogP contribution in [0.1, 0.15) is 36.8 Å². The third kappa shape index (κ3) is 3.65. The van der Waals surface area contributed by atoms with Gasteiger partial charge >= 0.3 is 0 Å². The quantitative estimate of drug-likeness (QED) is 0.751. The molecule has 1 atom stereocenters. The monoisotopic (exact) mass is 343 g/mol. The molecule has 2 aromatic carbocycles. The van der Waals surface area contributed by atoms with Crippen LogP contribution in [0.5, 0.6) is 0 Å². The van der Waals surface area contributed by atoms with Crippen LogP contribution in [0.15, 0.2) is 72.8 Å². The standard InChI is InChI=1S/C24H25NO/c26-24(23-13-11-21(12-14-23)19-7-3-1-4-8-19)25-17-15-22(16-18-25)20-9-5-2-6-10-20/h1-11,15,23H,12-14,16-18H2. The maximum Gasteiger partial charge on any atom is 0.226 e. The Kier molecular flexibility index (Phi) is 5.01. The fourth-order valence-corrected chi connectivity index (χ4v) is 4.01. The molecule has 0 saturated heterocycles. The molecule has 2 nitrogen and oxygen atoms in total. The number of carbonyl (C=O) groups is 1. The van der Waals surface area contributed by atoms with Crippen molar-refractivity contribution in [1.82, 2.24) is 4.90 Å². The molecule has 0 saturated carbocycles. The number of nitrogens with zero attached hydrogens (tertiary/aromatic N) is 1. The molecule has 1 unspecified atom stereocenters. The molecule has 1 heterocycles. The minimum absolute atomic E-state index is 0.147. The van der Waals surface area contributed by atoms with E-state index in [0.29, 0.717) is 5.91 Å². The summed E-state index contributed by atoms with van der Waals surface area (Å²) >= 11 is 0. The van der Waals surface area contributed by atoms with E-state index in [9.17, 15) is 4.79 Å². The molecule has 4 rings (SSSR count). The second kappa shape index (κ2) is 7.74. The zero-order valence-corrected chi connectivity index (χ0v) is 15.1. The van der Waals surface area contributed by atoms with Crippen LogP contribution in [-0.2, 0) is 4.79 Å². The number of rotatable bonds is 3. The van der Waals surface area contributed by atoms with Crippen molar-refractivity contribution >= 4 is 17.1 Å². The molecule has 132 valence electrons. The average Bonchev–Trinajstić information content (AvgIpc) is 2.75. The smallest absolute Gasteiger partial charge is 0.226 e. The van der Waals surface area contributed by atoms with Crippen molar-refractivity contribution < 1.29 is 4.79 Å². The topological polar surface area (TPSA) is 20.3 Å². The first-order valence-electron chi connectivity index (χ1n) is 9.59. The molecule has 0 aromatic heterocycles. The molecule has 1 amide bonds. The van der Waals surface area contributed by atoms with Crippen molar-refractivity contribution in [2.24, 2.45) is 5.92 Å². The Labute approximate surface area is 155 Å². The summed E-state index contributed by atoms with van der Waals surface area (Å²) in [4.78, 5) is 14.9. The molecule has 0 fully saturated rings. The van der Waals surface area contributed by atoms with E-state index in [1.165, 1.54) is 22.3 Å². The van der Waals surface area contributed by atoms with Gasteiger partial charge in [0, 0.05) is 19.0 Å². The number of carbonyl (C=O) groups excluding carboxylic acids is 1. The van der Waals surface area contributed by atoms with Crippen LogP contribution in [-0.4, -0.2) is 23.9 Å². The lowest BCUT2D eigenvalue weighted by atomic mass is 9.85. The van der Waals surface area contributed by atoms with Gasteiger partial charge in [-0.3, -0.25) is 4.79 Å². The first kappa shape index (κ1) is 16.8. The largest absolute Gasteiger partial charge is 0.338 e. The summed E-state index contributed by atoms with van der Waals surface area (Å²) in [6.07, 6.45) is 8.29. The zero-order valence-electron chi connectivity index (χ0n) is 15.1. The van der Waals surface area contributed by atoms with Gasteiger partial charge in [0.25, 0.3) is 0 Å². The van der Waals surface area contributed by atoms with Gasteiger partial charge in [-0.1, -0.05) is 72.8 Å². The third-order valence-electron chi connectivity index (χ3n) is 5.57. The Morgan fingerprint density at radius 1 is 0.808 bits per heavy atom. The van der Waals surface area contributed by atoms with Gasteiger partial charge in [-0.25, -0.2) is 0 Å². The van der Waals surface area contributed by atoms with Gasteiger partial charge in [-0.05, 0) is 48.0 Å². The van der Waals surface area contributed by atoms with Crippen LogP contribution < -0.4 is 0 Å². The number of hydrogen-bond donors (Lipinski definition) is 0. The molecule has 2 aromatic rings. The van der Waals surface area contributed by atoms with Crippen molar-refractivity contribution in [1.29, 1.82) is 0 Å². The molecule has 26 heavy (non-hydrogen) atoms. The Morgan fingerprint density at radius 2 is 1.42 bits per heavy atom. The van der Waals surface area contributed by atoms with Crippen LogP contribution in [0.3, 0.4) is 0 Å². The molecule has 2 aliphatic rings. The molecule has 0 bridgehead atoms. The first-order chi connectivity index (χ1) is 12.8. The minimum atomic E-state index is 0.147. The van der Waals surface area contributed by atoms with Crippen molar-refractivity contribution in [3.8, 4) is 0 Å². The van der Waals surface area contributed by atoms with Crippen molar-refractivity contribution in [3.63, 3.8) is 0 Å². The molecular weight excluding hydrogens is 318 g/mol. The van der Waals surface area contributed by atoms with Crippen LogP contribution in [0.4, 0.5) is 0 Å². The van der Waals surface area contributed by atoms with E-state index >= 15 is 0 Å². The molecule has 1 aliphatic carbocycles. The predicted molar refractivity (Wildman–Crippen MR) is 107 cm³/mol. The lowest BCUT2D eigenvalue weighted by Gasteiger charge is -2.31. The van der Waals surface area contributed by atoms with E-state index in [-0.39, 0.29) is 5.92 Å². The summed E-state index contributed by atoms with van der Waals surface area (Å²) < 4.78 is 0. The van der Waals surface area contributed by atoms with Crippen LogP contribution in [0.25, 0.3) is 11.1 Å².